The molecule has 0 spiro atoms. The average Bonchev–Trinajstić information content (AvgIpc) is 3.27. The van der Waals surface area contributed by atoms with Gasteiger partial charge in [-0.15, -0.1) is 0 Å². The van der Waals surface area contributed by atoms with E-state index >= 15 is 0 Å². The second-order valence-electron chi connectivity index (χ2n) is 8.29. The van der Waals surface area contributed by atoms with Crippen molar-refractivity contribution in [1.29, 1.82) is 0 Å². The molecular weight excluding hydrogens is 426 g/mol. The van der Waals surface area contributed by atoms with Crippen LogP contribution in [0.25, 0.3) is 0 Å². The second-order valence-corrected chi connectivity index (χ2v) is 8.73. The lowest BCUT2D eigenvalue weighted by Crippen LogP contribution is -2.44. The van der Waals surface area contributed by atoms with Gasteiger partial charge in [-0.2, -0.15) is 4.57 Å². The van der Waals surface area contributed by atoms with Crippen LogP contribution in [0.15, 0.2) is 70.4 Å². The molecule has 1 aromatic heterocycles. The van der Waals surface area contributed by atoms with Gasteiger partial charge >= 0.3 is 5.69 Å². The summed E-state index contributed by atoms with van der Waals surface area (Å²) in [7, 11) is 0. The van der Waals surface area contributed by atoms with Gasteiger partial charge < -0.3 is 4.90 Å². The normalized spacial score (nSPS) is 16.4. The Labute approximate surface area is 191 Å². The quantitative estimate of drug-likeness (QED) is 0.575. The maximum absolute atomic E-state index is 12.9. The van der Waals surface area contributed by atoms with Crippen molar-refractivity contribution in [2.75, 3.05) is 19.6 Å². The van der Waals surface area contributed by atoms with Gasteiger partial charge in [0.15, 0.2) is 0 Å². The summed E-state index contributed by atoms with van der Waals surface area (Å²) in [6.45, 7) is 4.91. The summed E-state index contributed by atoms with van der Waals surface area (Å²) < 4.78 is 2.22. The minimum absolute atomic E-state index is 0.314. The molecule has 2 heterocycles. The van der Waals surface area contributed by atoms with Crippen molar-refractivity contribution >= 4 is 17.5 Å². The first-order chi connectivity index (χ1) is 15.4. The number of carbonyl (C=O) groups excluding carboxylic acids is 1. The minimum Gasteiger partial charge on any atom is -0.303 e. The third-order valence-electron chi connectivity index (χ3n) is 6.04. The predicted molar refractivity (Wildman–Crippen MR) is 126 cm³/mol. The van der Waals surface area contributed by atoms with Crippen molar-refractivity contribution in [2.24, 2.45) is 0 Å². The van der Waals surface area contributed by atoms with E-state index in [1.807, 2.05) is 12.1 Å². The molecule has 1 saturated heterocycles. The van der Waals surface area contributed by atoms with Gasteiger partial charge in [-0.05, 0) is 68.6 Å². The molecule has 3 aromatic rings. The summed E-state index contributed by atoms with van der Waals surface area (Å²) in [5.41, 5.74) is 0.836. The largest absolute Gasteiger partial charge is 0.338 e. The molecule has 0 radical (unpaired) electrons. The van der Waals surface area contributed by atoms with Gasteiger partial charge in [0.05, 0.1) is 0 Å². The summed E-state index contributed by atoms with van der Waals surface area (Å²) in [6.07, 6.45) is 3.40. The lowest BCUT2D eigenvalue weighted by Gasteiger charge is -2.17. The number of benzene rings is 2. The third-order valence-corrected chi connectivity index (χ3v) is 6.29. The lowest BCUT2D eigenvalue weighted by atomic mass is 9.99. The maximum Gasteiger partial charge on any atom is 0.338 e. The molecule has 2 aromatic carbocycles. The van der Waals surface area contributed by atoms with Crippen LogP contribution in [0.3, 0.4) is 0 Å². The van der Waals surface area contributed by atoms with Gasteiger partial charge in [-0.1, -0.05) is 41.9 Å². The SMILES string of the molecule is Cc1cn(CCCN2CC[C@@H](c3ccc(Cl)cc3)C2)c(=O)n(C(=O)c2ccccc2)c1=O. The summed E-state index contributed by atoms with van der Waals surface area (Å²) >= 11 is 5.99. The van der Waals surface area contributed by atoms with Gasteiger partial charge in [0.25, 0.3) is 11.5 Å². The number of aromatic nitrogens is 2. The third kappa shape index (κ3) is 4.76. The Morgan fingerprint density at radius 1 is 1.03 bits per heavy atom. The molecule has 6 nitrogen and oxygen atoms in total. The number of nitrogens with zero attached hydrogens (tertiary/aromatic N) is 3. The van der Waals surface area contributed by atoms with E-state index in [2.05, 4.69) is 17.0 Å². The molecule has 1 fully saturated rings. The first-order valence-electron chi connectivity index (χ1n) is 10.8. The summed E-state index contributed by atoms with van der Waals surface area (Å²) in [6, 6.07) is 16.4. The fourth-order valence-electron chi connectivity index (χ4n) is 4.29. The maximum atomic E-state index is 12.9. The smallest absolute Gasteiger partial charge is 0.303 e. The molecule has 32 heavy (non-hydrogen) atoms. The first-order valence-corrected chi connectivity index (χ1v) is 11.2. The molecular formula is C25H26ClN3O3. The molecule has 0 bridgehead atoms. The van der Waals surface area contributed by atoms with Crippen LogP contribution in [-0.2, 0) is 6.54 Å². The Morgan fingerprint density at radius 3 is 2.47 bits per heavy atom. The molecule has 0 unspecified atom stereocenters. The highest BCUT2D eigenvalue weighted by atomic mass is 35.5. The monoisotopic (exact) mass is 451 g/mol. The minimum atomic E-state index is -0.594. The van der Waals surface area contributed by atoms with E-state index in [1.54, 1.807) is 43.5 Å². The Morgan fingerprint density at radius 2 is 1.75 bits per heavy atom. The van der Waals surface area contributed by atoms with E-state index in [0.717, 1.165) is 42.1 Å². The van der Waals surface area contributed by atoms with E-state index < -0.39 is 17.2 Å². The highest BCUT2D eigenvalue weighted by Crippen LogP contribution is 2.28. The van der Waals surface area contributed by atoms with Crippen molar-refractivity contribution in [2.45, 2.75) is 32.2 Å². The molecule has 1 aliphatic heterocycles. The first kappa shape index (κ1) is 22.2. The van der Waals surface area contributed by atoms with E-state index in [1.165, 1.54) is 10.1 Å². The van der Waals surface area contributed by atoms with E-state index in [-0.39, 0.29) is 0 Å². The van der Waals surface area contributed by atoms with Gasteiger partial charge in [0.2, 0.25) is 0 Å². The summed E-state index contributed by atoms with van der Waals surface area (Å²) in [5.74, 6) is -0.106. The van der Waals surface area contributed by atoms with Crippen LogP contribution in [0, 0.1) is 6.92 Å². The molecule has 1 aliphatic rings. The second kappa shape index (κ2) is 9.67. The van der Waals surface area contributed by atoms with Crippen LogP contribution in [0.5, 0.6) is 0 Å². The predicted octanol–water partition coefficient (Wildman–Crippen LogP) is 3.54. The van der Waals surface area contributed by atoms with Crippen LogP contribution < -0.4 is 11.2 Å². The van der Waals surface area contributed by atoms with Crippen LogP contribution >= 0.6 is 11.6 Å². The van der Waals surface area contributed by atoms with E-state index in [0.29, 0.717) is 23.6 Å². The summed E-state index contributed by atoms with van der Waals surface area (Å²) in [4.78, 5) is 40.7. The standard InChI is InChI=1S/C25H26ClN3O3/c1-18-16-28(25(32)29(23(18)30)24(31)20-6-3-2-4-7-20)14-5-13-27-15-12-21(17-27)19-8-10-22(26)11-9-19/h2-4,6-11,16,21H,5,12-15,17H2,1H3/t21-/m1/s1. The zero-order chi connectivity index (χ0) is 22.7. The topological polar surface area (TPSA) is 64.3 Å². The number of hydrogen-bond donors (Lipinski definition) is 0. The molecule has 0 aliphatic carbocycles. The molecule has 0 amide bonds. The highest BCUT2D eigenvalue weighted by Gasteiger charge is 2.23. The molecule has 1 atom stereocenters. The van der Waals surface area contributed by atoms with Crippen LogP contribution in [0.2, 0.25) is 5.02 Å². The average molecular weight is 452 g/mol. The molecule has 0 saturated carbocycles. The van der Waals surface area contributed by atoms with Gasteiger partial charge in [-0.3, -0.25) is 14.2 Å². The van der Waals surface area contributed by atoms with Crippen molar-refractivity contribution in [3.63, 3.8) is 0 Å². The Bertz CT molecular complexity index is 1220. The molecule has 166 valence electrons. The summed E-state index contributed by atoms with van der Waals surface area (Å²) in [5, 5.41) is 0.747. The van der Waals surface area contributed by atoms with Crippen molar-refractivity contribution in [1.82, 2.24) is 14.0 Å². The Balaban J connectivity index is 1.42. The Hall–Kier alpha value is -2.96. The number of hydrogen-bond acceptors (Lipinski definition) is 4. The number of likely N-dealkylation sites (tertiary alicyclic amines) is 1. The molecule has 4 rings (SSSR count). The van der Waals surface area contributed by atoms with E-state index in [4.69, 9.17) is 11.6 Å². The number of carbonyl (C=O) groups is 1. The van der Waals surface area contributed by atoms with Crippen LogP contribution in [0.4, 0.5) is 0 Å². The zero-order valence-electron chi connectivity index (χ0n) is 18.0. The molecule has 0 N–H and O–H groups in total. The fraction of sp³-hybridized carbons (Fsp3) is 0.320. The fourth-order valence-corrected chi connectivity index (χ4v) is 4.42. The van der Waals surface area contributed by atoms with Crippen molar-refractivity contribution in [3.8, 4) is 0 Å². The highest BCUT2D eigenvalue weighted by molar-refractivity contribution is 6.30. The van der Waals surface area contributed by atoms with Crippen molar-refractivity contribution < 1.29 is 4.79 Å². The number of halogens is 1. The zero-order valence-corrected chi connectivity index (χ0v) is 18.8. The lowest BCUT2D eigenvalue weighted by molar-refractivity contribution is 0.0948. The molecule has 7 heteroatoms. The van der Waals surface area contributed by atoms with Crippen LogP contribution in [-0.4, -0.2) is 39.6 Å². The number of aryl methyl sites for hydroxylation is 2. The van der Waals surface area contributed by atoms with Gasteiger partial charge in [-0.25, -0.2) is 4.79 Å². The van der Waals surface area contributed by atoms with Gasteiger partial charge in [0, 0.05) is 35.4 Å². The van der Waals surface area contributed by atoms with Crippen molar-refractivity contribution in [3.05, 3.63) is 103 Å². The Kier molecular flexibility index (Phi) is 6.72. The van der Waals surface area contributed by atoms with E-state index in [9.17, 15) is 14.4 Å². The van der Waals surface area contributed by atoms with Crippen LogP contribution in [0.1, 0.15) is 40.2 Å². The van der Waals surface area contributed by atoms with Gasteiger partial charge in [0.1, 0.15) is 0 Å². The number of rotatable bonds is 6.